The Balaban J connectivity index is 1.74. The van der Waals surface area contributed by atoms with Gasteiger partial charge in [-0.1, -0.05) is 41.4 Å². The quantitative estimate of drug-likeness (QED) is 0.269. The standard InChI is InChI=1S/C26H22Cl2N2O4/c1-3-33-21-6-4-5-20(14-21)30-26(31)19(15-29)11-17-8-10-24(25(13-17)32-2)34-16-18-7-9-22(27)23(28)12-18/h4-14H,3,16H2,1-2H3,(H,30,31)/b19-11-. The summed E-state index contributed by atoms with van der Waals surface area (Å²) in [7, 11) is 1.51. The molecule has 0 aromatic heterocycles. The van der Waals surface area contributed by atoms with E-state index >= 15 is 0 Å². The molecule has 0 aliphatic rings. The van der Waals surface area contributed by atoms with E-state index in [4.69, 9.17) is 37.4 Å². The average Bonchev–Trinajstić information content (AvgIpc) is 2.84. The van der Waals surface area contributed by atoms with E-state index in [1.807, 2.05) is 19.1 Å². The molecule has 0 bridgehead atoms. The van der Waals surface area contributed by atoms with E-state index in [9.17, 15) is 10.1 Å². The lowest BCUT2D eigenvalue weighted by molar-refractivity contribution is -0.112. The zero-order valence-electron chi connectivity index (χ0n) is 18.6. The largest absolute Gasteiger partial charge is 0.494 e. The first-order chi connectivity index (χ1) is 16.4. The number of amides is 1. The highest BCUT2D eigenvalue weighted by atomic mass is 35.5. The van der Waals surface area contributed by atoms with Gasteiger partial charge in [-0.05, 0) is 60.5 Å². The summed E-state index contributed by atoms with van der Waals surface area (Å²) in [4.78, 5) is 12.6. The molecule has 0 fully saturated rings. The molecule has 34 heavy (non-hydrogen) atoms. The van der Waals surface area contributed by atoms with E-state index < -0.39 is 5.91 Å². The number of benzene rings is 3. The highest BCUT2D eigenvalue weighted by Crippen LogP contribution is 2.30. The third kappa shape index (κ3) is 6.67. The van der Waals surface area contributed by atoms with Crippen LogP contribution in [-0.2, 0) is 11.4 Å². The van der Waals surface area contributed by atoms with Gasteiger partial charge in [-0.2, -0.15) is 5.26 Å². The first-order valence-corrected chi connectivity index (χ1v) is 11.1. The molecule has 6 nitrogen and oxygen atoms in total. The van der Waals surface area contributed by atoms with E-state index in [1.54, 1.807) is 54.6 Å². The number of nitrogens with zero attached hydrogens (tertiary/aromatic N) is 1. The van der Waals surface area contributed by atoms with Crippen LogP contribution in [0.4, 0.5) is 5.69 Å². The molecule has 0 atom stereocenters. The Morgan fingerprint density at radius 2 is 1.85 bits per heavy atom. The smallest absolute Gasteiger partial charge is 0.266 e. The molecule has 3 aromatic rings. The fourth-order valence-corrected chi connectivity index (χ4v) is 3.35. The minimum Gasteiger partial charge on any atom is -0.494 e. The third-order valence-corrected chi connectivity index (χ3v) is 5.38. The second kappa shape index (κ2) is 12.0. The van der Waals surface area contributed by atoms with Crippen LogP contribution in [0, 0.1) is 11.3 Å². The molecule has 0 saturated carbocycles. The second-order valence-electron chi connectivity index (χ2n) is 7.03. The Morgan fingerprint density at radius 1 is 1.03 bits per heavy atom. The average molecular weight is 497 g/mol. The SMILES string of the molecule is CCOc1cccc(NC(=O)/C(C#N)=C\c2ccc(OCc3ccc(Cl)c(Cl)c3)c(OC)c2)c1. The van der Waals surface area contributed by atoms with Gasteiger partial charge in [-0.3, -0.25) is 4.79 Å². The fraction of sp³-hybridized carbons (Fsp3) is 0.154. The molecule has 1 amide bonds. The number of hydrogen-bond donors (Lipinski definition) is 1. The molecule has 1 N–H and O–H groups in total. The Bertz CT molecular complexity index is 1250. The van der Waals surface area contributed by atoms with Crippen LogP contribution in [0.5, 0.6) is 17.2 Å². The van der Waals surface area contributed by atoms with Crippen molar-refractivity contribution in [1.82, 2.24) is 0 Å². The maximum absolute atomic E-state index is 12.6. The molecule has 0 saturated heterocycles. The summed E-state index contributed by atoms with van der Waals surface area (Å²) in [6.45, 7) is 2.64. The predicted octanol–water partition coefficient (Wildman–Crippen LogP) is 6.53. The molecule has 0 spiro atoms. The van der Waals surface area contributed by atoms with E-state index in [0.717, 1.165) is 5.56 Å². The van der Waals surface area contributed by atoms with Crippen molar-refractivity contribution >= 4 is 40.9 Å². The Labute approximate surface area is 208 Å². The van der Waals surface area contributed by atoms with E-state index in [-0.39, 0.29) is 12.2 Å². The van der Waals surface area contributed by atoms with Crippen LogP contribution in [0.15, 0.2) is 66.2 Å². The minimum absolute atomic E-state index is 0.0617. The van der Waals surface area contributed by atoms with Crippen LogP contribution in [0.3, 0.4) is 0 Å². The van der Waals surface area contributed by atoms with E-state index in [0.29, 0.717) is 45.2 Å². The molecule has 0 aliphatic heterocycles. The summed E-state index contributed by atoms with van der Waals surface area (Å²) < 4.78 is 16.7. The van der Waals surface area contributed by atoms with Crippen LogP contribution in [0.1, 0.15) is 18.1 Å². The third-order valence-electron chi connectivity index (χ3n) is 4.65. The summed E-state index contributed by atoms with van der Waals surface area (Å²) in [6, 6.07) is 19.3. The zero-order chi connectivity index (χ0) is 24.5. The lowest BCUT2D eigenvalue weighted by Crippen LogP contribution is -2.13. The van der Waals surface area contributed by atoms with Crippen molar-refractivity contribution in [3.05, 3.63) is 87.4 Å². The van der Waals surface area contributed by atoms with Gasteiger partial charge in [-0.25, -0.2) is 0 Å². The molecular formula is C26H22Cl2N2O4. The molecule has 174 valence electrons. The van der Waals surface area contributed by atoms with Gasteiger partial charge in [0.05, 0.1) is 23.8 Å². The summed E-state index contributed by atoms with van der Waals surface area (Å²) in [5, 5.41) is 13.2. The van der Waals surface area contributed by atoms with Gasteiger partial charge in [-0.15, -0.1) is 0 Å². The number of carbonyl (C=O) groups excluding carboxylic acids is 1. The maximum Gasteiger partial charge on any atom is 0.266 e. The Kier molecular flexibility index (Phi) is 8.80. The monoisotopic (exact) mass is 496 g/mol. The highest BCUT2D eigenvalue weighted by Gasteiger charge is 2.12. The molecule has 0 aliphatic carbocycles. The molecule has 8 heteroatoms. The number of rotatable bonds is 9. The minimum atomic E-state index is -0.532. The van der Waals surface area contributed by atoms with Crippen molar-refractivity contribution in [3.63, 3.8) is 0 Å². The summed E-state index contributed by atoms with van der Waals surface area (Å²) in [6.07, 6.45) is 1.48. The van der Waals surface area contributed by atoms with E-state index in [1.165, 1.54) is 13.2 Å². The first-order valence-electron chi connectivity index (χ1n) is 10.3. The number of ether oxygens (including phenoxy) is 3. The number of anilines is 1. The van der Waals surface area contributed by atoms with Crippen LogP contribution in [-0.4, -0.2) is 19.6 Å². The molecule has 0 heterocycles. The number of halogens is 2. The van der Waals surface area contributed by atoms with Crippen LogP contribution >= 0.6 is 23.2 Å². The fourth-order valence-electron chi connectivity index (χ4n) is 3.03. The Morgan fingerprint density at radius 3 is 2.56 bits per heavy atom. The summed E-state index contributed by atoms with van der Waals surface area (Å²) in [5.74, 6) is 1.05. The van der Waals surface area contributed by atoms with Gasteiger partial charge in [0, 0.05) is 11.8 Å². The van der Waals surface area contributed by atoms with Crippen LogP contribution in [0.2, 0.25) is 10.0 Å². The lowest BCUT2D eigenvalue weighted by atomic mass is 10.1. The van der Waals surface area contributed by atoms with E-state index in [2.05, 4.69) is 5.32 Å². The zero-order valence-corrected chi connectivity index (χ0v) is 20.1. The molecule has 0 unspecified atom stereocenters. The van der Waals surface area contributed by atoms with Crippen molar-refractivity contribution in [1.29, 1.82) is 5.26 Å². The highest BCUT2D eigenvalue weighted by molar-refractivity contribution is 6.42. The summed E-state index contributed by atoms with van der Waals surface area (Å²) in [5.41, 5.74) is 1.92. The van der Waals surface area contributed by atoms with Gasteiger partial charge < -0.3 is 19.5 Å². The van der Waals surface area contributed by atoms with Crippen molar-refractivity contribution < 1.29 is 19.0 Å². The van der Waals surface area contributed by atoms with Gasteiger partial charge in [0.1, 0.15) is 24.0 Å². The van der Waals surface area contributed by atoms with Crippen molar-refractivity contribution in [2.45, 2.75) is 13.5 Å². The normalized spacial score (nSPS) is 10.9. The number of carbonyl (C=O) groups is 1. The van der Waals surface area contributed by atoms with Gasteiger partial charge in [0.15, 0.2) is 11.5 Å². The number of nitriles is 1. The van der Waals surface area contributed by atoms with Gasteiger partial charge in [0.2, 0.25) is 0 Å². The Hall–Kier alpha value is -3.66. The lowest BCUT2D eigenvalue weighted by Gasteiger charge is -2.12. The summed E-state index contributed by atoms with van der Waals surface area (Å²) >= 11 is 12.0. The molecular weight excluding hydrogens is 475 g/mol. The topological polar surface area (TPSA) is 80.6 Å². The predicted molar refractivity (Wildman–Crippen MR) is 134 cm³/mol. The van der Waals surface area contributed by atoms with Crippen molar-refractivity contribution in [2.24, 2.45) is 0 Å². The number of nitrogens with one attached hydrogen (secondary N) is 1. The second-order valence-corrected chi connectivity index (χ2v) is 7.85. The van der Waals surface area contributed by atoms with Crippen LogP contribution < -0.4 is 19.5 Å². The molecule has 3 rings (SSSR count). The van der Waals surface area contributed by atoms with Gasteiger partial charge >= 0.3 is 0 Å². The van der Waals surface area contributed by atoms with Crippen molar-refractivity contribution in [3.8, 4) is 23.3 Å². The van der Waals surface area contributed by atoms with Crippen molar-refractivity contribution in [2.75, 3.05) is 19.0 Å². The first kappa shape index (κ1) is 25.0. The molecule has 0 radical (unpaired) electrons. The molecule has 3 aromatic carbocycles. The number of methoxy groups -OCH3 is 1. The van der Waals surface area contributed by atoms with Crippen LogP contribution in [0.25, 0.3) is 6.08 Å². The van der Waals surface area contributed by atoms with Gasteiger partial charge in [0.25, 0.3) is 5.91 Å². The maximum atomic E-state index is 12.6. The number of hydrogen-bond acceptors (Lipinski definition) is 5.